The summed E-state index contributed by atoms with van der Waals surface area (Å²) in [5.41, 5.74) is 0. The third-order valence-corrected chi connectivity index (χ3v) is 2.15. The Morgan fingerprint density at radius 3 is 1.75 bits per heavy atom. The molecule has 0 radical (unpaired) electrons. The van der Waals surface area contributed by atoms with Crippen LogP contribution in [0.15, 0.2) is 25.3 Å². The zero-order valence-corrected chi connectivity index (χ0v) is 7.97. The maximum atomic E-state index is 7.46. The molecule has 0 saturated carbocycles. The zero-order chi connectivity index (χ0) is 10.8. The summed E-state index contributed by atoms with van der Waals surface area (Å²) in [6.07, 6.45) is 7.75. The average Bonchev–Trinajstić information content (AvgIpc) is 2.23. The number of hydrogen-bond acceptors (Lipinski definition) is 0. The van der Waals surface area contributed by atoms with Gasteiger partial charge in [-0.05, 0) is 37.5 Å². The molecule has 12 heavy (non-hydrogen) atoms. The molecule has 0 rings (SSSR count). The van der Waals surface area contributed by atoms with E-state index < -0.39 is 0 Å². The SMILES string of the molecule is [2H]CC(CCC=C)C(C[2H])CCC=C. The van der Waals surface area contributed by atoms with Gasteiger partial charge >= 0.3 is 0 Å². The maximum Gasteiger partial charge on any atom is 0.0233 e. The van der Waals surface area contributed by atoms with Gasteiger partial charge in [0.05, 0.1) is 0 Å². The summed E-state index contributed by atoms with van der Waals surface area (Å²) < 4.78 is 14.9. The molecule has 0 amide bonds. The predicted molar refractivity (Wildman–Crippen MR) is 57.2 cm³/mol. The maximum absolute atomic E-state index is 7.46. The molecule has 70 valence electrons. The summed E-state index contributed by atoms with van der Waals surface area (Å²) in [7, 11) is 0. The van der Waals surface area contributed by atoms with Gasteiger partial charge in [-0.3, -0.25) is 0 Å². The topological polar surface area (TPSA) is 0 Å². The van der Waals surface area contributed by atoms with Gasteiger partial charge in [0.25, 0.3) is 0 Å². The van der Waals surface area contributed by atoms with Gasteiger partial charge < -0.3 is 0 Å². The molecular weight excluding hydrogens is 144 g/mol. The Hall–Kier alpha value is -0.520. The van der Waals surface area contributed by atoms with Crippen LogP contribution in [0.1, 0.15) is 42.2 Å². The van der Waals surface area contributed by atoms with E-state index in [4.69, 9.17) is 2.74 Å². The van der Waals surface area contributed by atoms with Crippen molar-refractivity contribution in [1.29, 1.82) is 0 Å². The highest BCUT2D eigenvalue weighted by Crippen LogP contribution is 2.21. The molecule has 0 aromatic heterocycles. The lowest BCUT2D eigenvalue weighted by atomic mass is 9.88. The van der Waals surface area contributed by atoms with E-state index in [1.165, 1.54) is 0 Å². The molecule has 0 heterocycles. The van der Waals surface area contributed by atoms with Gasteiger partial charge in [0.1, 0.15) is 0 Å². The third-order valence-electron chi connectivity index (χ3n) is 2.15. The smallest absolute Gasteiger partial charge is 0.0233 e. The fourth-order valence-corrected chi connectivity index (χ4v) is 1.14. The average molecular weight is 168 g/mol. The lowest BCUT2D eigenvalue weighted by molar-refractivity contribution is 0.348. The molecule has 0 aromatic rings. The number of allylic oxidation sites excluding steroid dienone is 2. The summed E-state index contributed by atoms with van der Waals surface area (Å²) in [5, 5.41) is 0. The molecule has 2 unspecified atom stereocenters. The number of rotatable bonds is 7. The van der Waals surface area contributed by atoms with E-state index in [1.807, 2.05) is 12.2 Å². The molecule has 0 heteroatoms. The van der Waals surface area contributed by atoms with E-state index in [1.54, 1.807) is 0 Å². The van der Waals surface area contributed by atoms with E-state index >= 15 is 0 Å². The number of hydrogen-bond donors (Lipinski definition) is 0. The minimum Gasteiger partial charge on any atom is -0.103 e. The Morgan fingerprint density at radius 1 is 1.08 bits per heavy atom. The van der Waals surface area contributed by atoms with E-state index in [9.17, 15) is 0 Å². The van der Waals surface area contributed by atoms with Crippen LogP contribution in [0, 0.1) is 11.8 Å². The lowest BCUT2D eigenvalue weighted by Gasteiger charge is -2.18. The highest BCUT2D eigenvalue weighted by Gasteiger charge is 2.09. The highest BCUT2D eigenvalue weighted by atomic mass is 14.1. The Labute approximate surface area is 80.2 Å². The first-order valence-electron chi connectivity index (χ1n) is 6.01. The van der Waals surface area contributed by atoms with Gasteiger partial charge in [-0.1, -0.05) is 26.0 Å². The Bertz CT molecular complexity index is 136. The second-order valence-corrected chi connectivity index (χ2v) is 3.25. The van der Waals surface area contributed by atoms with Crippen molar-refractivity contribution >= 4 is 0 Å². The van der Waals surface area contributed by atoms with E-state index in [-0.39, 0.29) is 0 Å². The normalized spacial score (nSPS) is 17.3. The van der Waals surface area contributed by atoms with Gasteiger partial charge in [-0.25, -0.2) is 0 Å². The van der Waals surface area contributed by atoms with Crippen molar-refractivity contribution in [3.63, 3.8) is 0 Å². The second-order valence-electron chi connectivity index (χ2n) is 3.25. The monoisotopic (exact) mass is 168 g/mol. The van der Waals surface area contributed by atoms with Crippen molar-refractivity contribution in [1.82, 2.24) is 0 Å². The Morgan fingerprint density at radius 2 is 1.50 bits per heavy atom. The molecule has 0 nitrogen and oxygen atoms in total. The minimum absolute atomic E-state index is 0.366. The van der Waals surface area contributed by atoms with Gasteiger partial charge in [-0.2, -0.15) is 0 Å². The van der Waals surface area contributed by atoms with E-state index in [0.717, 1.165) is 25.7 Å². The van der Waals surface area contributed by atoms with Gasteiger partial charge in [0.15, 0.2) is 0 Å². The largest absolute Gasteiger partial charge is 0.103 e. The summed E-state index contributed by atoms with van der Waals surface area (Å²) in [5.74, 6) is 0.732. The quantitative estimate of drug-likeness (QED) is 0.500. The molecule has 2 atom stereocenters. The predicted octanol–water partition coefficient (Wildman–Crippen LogP) is 4.19. The van der Waals surface area contributed by atoms with Gasteiger partial charge in [-0.15, -0.1) is 13.2 Å². The van der Waals surface area contributed by atoms with E-state index in [2.05, 4.69) is 13.2 Å². The van der Waals surface area contributed by atoms with E-state index in [0.29, 0.717) is 25.6 Å². The second kappa shape index (κ2) is 7.15. The van der Waals surface area contributed by atoms with Crippen LogP contribution in [0.5, 0.6) is 0 Å². The minimum atomic E-state index is 0.366. The molecule has 0 N–H and O–H groups in total. The lowest BCUT2D eigenvalue weighted by Crippen LogP contribution is -2.07. The zero-order valence-electron chi connectivity index (χ0n) is 9.97. The standard InChI is InChI=1S/C12H22/c1-5-7-9-11(3)12(4)10-8-6-2/h5-6,11-12H,1-2,7-10H2,3-4H3/i3D,4D. The van der Waals surface area contributed by atoms with Crippen molar-refractivity contribution < 1.29 is 2.74 Å². The molecule has 0 aliphatic carbocycles. The van der Waals surface area contributed by atoms with Crippen LogP contribution in [-0.2, 0) is 0 Å². The summed E-state index contributed by atoms with van der Waals surface area (Å²) in [4.78, 5) is 0. The van der Waals surface area contributed by atoms with Crippen molar-refractivity contribution in [2.75, 3.05) is 0 Å². The van der Waals surface area contributed by atoms with Crippen molar-refractivity contribution in [2.45, 2.75) is 39.5 Å². The molecular formula is C12H22. The van der Waals surface area contributed by atoms with Crippen LogP contribution in [0.25, 0.3) is 0 Å². The summed E-state index contributed by atoms with van der Waals surface area (Å²) in [6, 6.07) is 0. The highest BCUT2D eigenvalue weighted by molar-refractivity contribution is 4.73. The van der Waals surface area contributed by atoms with Crippen molar-refractivity contribution in [2.24, 2.45) is 11.8 Å². The van der Waals surface area contributed by atoms with Crippen LogP contribution in [0.2, 0.25) is 0 Å². The van der Waals surface area contributed by atoms with Crippen molar-refractivity contribution in [3.8, 4) is 0 Å². The summed E-state index contributed by atoms with van der Waals surface area (Å²) in [6.45, 7) is 8.26. The third kappa shape index (κ3) is 5.17. The van der Waals surface area contributed by atoms with Crippen LogP contribution in [0.3, 0.4) is 0 Å². The van der Waals surface area contributed by atoms with Gasteiger partial charge in [0.2, 0.25) is 0 Å². The van der Waals surface area contributed by atoms with Gasteiger partial charge in [0, 0.05) is 2.74 Å². The Kier molecular flexibility index (Phi) is 4.82. The first-order valence-corrected chi connectivity index (χ1v) is 4.60. The summed E-state index contributed by atoms with van der Waals surface area (Å²) >= 11 is 0. The molecule has 0 saturated heterocycles. The molecule has 0 bridgehead atoms. The molecule has 0 aliphatic heterocycles. The fourth-order valence-electron chi connectivity index (χ4n) is 1.14. The first kappa shape index (κ1) is 8.10. The molecule has 0 aromatic carbocycles. The van der Waals surface area contributed by atoms with Crippen LogP contribution in [-0.4, -0.2) is 0 Å². The molecule has 0 aliphatic rings. The molecule has 0 fully saturated rings. The van der Waals surface area contributed by atoms with Crippen LogP contribution < -0.4 is 0 Å². The molecule has 0 spiro atoms. The van der Waals surface area contributed by atoms with Crippen LogP contribution >= 0.6 is 0 Å². The Balaban J connectivity index is 3.98. The van der Waals surface area contributed by atoms with Crippen molar-refractivity contribution in [3.05, 3.63) is 25.3 Å². The fraction of sp³-hybridized carbons (Fsp3) is 0.667. The van der Waals surface area contributed by atoms with Crippen LogP contribution in [0.4, 0.5) is 0 Å². The first-order chi connectivity index (χ1) is 6.79.